The molecule has 0 unspecified atom stereocenters. The van der Waals surface area contributed by atoms with E-state index in [1.807, 2.05) is 79.7 Å². The Kier molecular flexibility index (Phi) is 35.5. The van der Waals surface area contributed by atoms with Crippen LogP contribution in [0.2, 0.25) is 0 Å². The second-order valence-corrected chi connectivity index (χ2v) is 11.7. The van der Waals surface area contributed by atoms with E-state index >= 15 is 0 Å². The standard InChI is InChI=1S/C13H13NO2.C12H11NO2.C7H9BO2.C6H6BrNO.C2H6O.CH2O3.2K.H/c1-15-12-5-3-4-10(8-12)11-6-7-13(16-2)14-9-11;1-15-11-4-2-3-9(7-11)10-5-6-12(14)13-8-10;1-6-3-2-4-7(5-6)8(9)10;1-9-6-3-2-5(7)4-8-6;1-2-3;2-1-4-3;;;/h3-9H,1-2H3;2-8H,1H3,(H,13,14);2-5,9-10H,1H3;2-4H,1H3;3H,2H2,1H3;1,3H;;;/q;;;;;;2*+1;-1/p-1. The van der Waals surface area contributed by atoms with Gasteiger partial charge in [0.25, 0.3) is 6.47 Å². The van der Waals surface area contributed by atoms with Gasteiger partial charge in [0.2, 0.25) is 17.3 Å². The Morgan fingerprint density at radius 3 is 1.59 bits per heavy atom. The number of aliphatic hydroxyl groups excluding tert-OH is 1. The van der Waals surface area contributed by atoms with Crippen molar-refractivity contribution < 1.29 is 153 Å². The minimum Gasteiger partial charge on any atom is -1.00 e. The van der Waals surface area contributed by atoms with E-state index in [4.69, 9.17) is 44.2 Å². The summed E-state index contributed by atoms with van der Waals surface area (Å²) in [5, 5.41) is 33.4. The van der Waals surface area contributed by atoms with Crippen LogP contribution in [0.25, 0.3) is 22.3 Å². The average molecular weight is 927 g/mol. The average Bonchev–Trinajstić information content (AvgIpc) is 3.25. The van der Waals surface area contributed by atoms with Crippen LogP contribution in [0.15, 0.2) is 137 Å². The predicted octanol–water partition coefficient (Wildman–Crippen LogP) is -1.10. The van der Waals surface area contributed by atoms with Crippen molar-refractivity contribution in [2.75, 3.05) is 35.0 Å². The van der Waals surface area contributed by atoms with Gasteiger partial charge in [0.15, 0.2) is 0 Å². The van der Waals surface area contributed by atoms with Crippen molar-refractivity contribution in [2.24, 2.45) is 0 Å². The van der Waals surface area contributed by atoms with Gasteiger partial charge in [0, 0.05) is 53.4 Å². The molecule has 0 aliphatic heterocycles. The zero-order valence-corrected chi connectivity index (χ0v) is 42.2. The van der Waals surface area contributed by atoms with Crippen molar-refractivity contribution in [3.8, 4) is 45.5 Å². The first-order chi connectivity index (χ1) is 27.5. The molecule has 0 aliphatic carbocycles. The molecule has 59 heavy (non-hydrogen) atoms. The minimum absolute atomic E-state index is 0. The first kappa shape index (κ1) is 58.3. The third kappa shape index (κ3) is 25.6. The van der Waals surface area contributed by atoms with E-state index in [-0.39, 0.29) is 123 Å². The van der Waals surface area contributed by atoms with E-state index in [9.17, 15) is 4.79 Å². The van der Waals surface area contributed by atoms with E-state index < -0.39 is 7.12 Å². The second kappa shape index (κ2) is 35.9. The number of carbonyl (C=O) groups is 1. The molecule has 304 valence electrons. The summed E-state index contributed by atoms with van der Waals surface area (Å²) >= 11 is 3.26. The van der Waals surface area contributed by atoms with Crippen LogP contribution in [0.4, 0.5) is 0 Å². The van der Waals surface area contributed by atoms with Gasteiger partial charge < -0.3 is 50.7 Å². The number of aliphatic hydroxyl groups is 1. The predicted molar refractivity (Wildman–Crippen MR) is 222 cm³/mol. The number of aromatic nitrogens is 3. The van der Waals surface area contributed by atoms with Gasteiger partial charge in [-0.15, -0.1) is 0 Å². The van der Waals surface area contributed by atoms with Crippen LogP contribution in [0.5, 0.6) is 23.3 Å². The largest absolute Gasteiger partial charge is 1.00 e. The second-order valence-electron chi connectivity index (χ2n) is 10.8. The Labute approximate surface area is 439 Å². The third-order valence-electron chi connectivity index (χ3n) is 6.82. The molecule has 14 nitrogen and oxygen atoms in total. The maximum Gasteiger partial charge on any atom is 1.00 e. The molecular weight excluding hydrogens is 879 g/mol. The van der Waals surface area contributed by atoms with Gasteiger partial charge in [-0.3, -0.25) is 9.59 Å². The molecule has 6 aromatic rings. The summed E-state index contributed by atoms with van der Waals surface area (Å²) < 4.78 is 21.1. The number of H-pyrrole nitrogens is 1. The fourth-order valence-corrected chi connectivity index (χ4v) is 4.42. The smallest absolute Gasteiger partial charge is 1.00 e. The molecule has 0 saturated heterocycles. The van der Waals surface area contributed by atoms with Crippen molar-refractivity contribution >= 4 is 35.0 Å². The van der Waals surface area contributed by atoms with Gasteiger partial charge >= 0.3 is 110 Å². The van der Waals surface area contributed by atoms with E-state index in [0.717, 1.165) is 43.8 Å². The molecule has 0 radical (unpaired) electrons. The molecule has 3 aromatic carbocycles. The maximum atomic E-state index is 10.9. The normalized spacial score (nSPS) is 8.86. The summed E-state index contributed by atoms with van der Waals surface area (Å²) in [4.78, 5) is 32.9. The van der Waals surface area contributed by atoms with Crippen LogP contribution < -0.4 is 138 Å². The molecule has 0 spiro atoms. The van der Waals surface area contributed by atoms with Crippen LogP contribution in [0.1, 0.15) is 13.9 Å². The van der Waals surface area contributed by atoms with E-state index in [2.05, 4.69) is 35.8 Å². The zero-order chi connectivity index (χ0) is 42.4. The number of rotatable bonds is 8. The molecule has 6 rings (SSSR count). The Balaban J connectivity index is -0.000000688. The fourth-order valence-electron chi connectivity index (χ4n) is 4.18. The molecule has 0 aliphatic rings. The number of hydrogen-bond donors (Lipinski definition) is 4. The van der Waals surface area contributed by atoms with Crippen molar-refractivity contribution in [1.82, 2.24) is 15.0 Å². The molecule has 0 fully saturated rings. The first-order valence-corrected chi connectivity index (χ1v) is 17.7. The number of halogens is 1. The molecular formula is C41H47BBrK2N3O11. The molecule has 3 aromatic heterocycles. The van der Waals surface area contributed by atoms with Gasteiger partial charge in [-0.25, -0.2) is 9.97 Å². The Morgan fingerprint density at radius 2 is 1.22 bits per heavy atom. The maximum absolute atomic E-state index is 10.9. The summed E-state index contributed by atoms with van der Waals surface area (Å²) in [5.41, 5.74) is 5.58. The summed E-state index contributed by atoms with van der Waals surface area (Å²) in [6, 6.07) is 33.5. The SMILES string of the molecule is CCO.COc1ccc(Br)cn1.COc1cccc(-c2ccc(=O)[nH]c2)c1.COc1cccc(-c2ccc(OC)nc2)c1.Cc1cccc(B(O)O)c1.O=CO[O-].[H-].[K+].[K+]. The zero-order valence-electron chi connectivity index (χ0n) is 35.4. The van der Waals surface area contributed by atoms with Gasteiger partial charge in [-0.1, -0.05) is 54.1 Å². The molecule has 0 bridgehead atoms. The van der Waals surface area contributed by atoms with Gasteiger partial charge in [0.1, 0.15) is 11.5 Å². The van der Waals surface area contributed by atoms with Crippen molar-refractivity contribution in [3.05, 3.63) is 148 Å². The summed E-state index contributed by atoms with van der Waals surface area (Å²) in [6.07, 6.45) is 5.17. The van der Waals surface area contributed by atoms with Crippen LogP contribution in [0.3, 0.4) is 0 Å². The fraction of sp³-hybridized carbons (Fsp3) is 0.171. The van der Waals surface area contributed by atoms with E-state index in [1.165, 1.54) is 6.07 Å². The van der Waals surface area contributed by atoms with Crippen LogP contribution >= 0.6 is 15.9 Å². The number of benzene rings is 3. The topological polar surface area (TPSA) is 206 Å². The van der Waals surface area contributed by atoms with Crippen LogP contribution in [-0.4, -0.2) is 78.7 Å². The number of pyridine rings is 3. The molecule has 0 amide bonds. The monoisotopic (exact) mass is 925 g/mol. The Bertz CT molecular complexity index is 2030. The van der Waals surface area contributed by atoms with E-state index in [1.54, 1.807) is 84.3 Å². The minimum atomic E-state index is -1.35. The summed E-state index contributed by atoms with van der Waals surface area (Å²) in [5.74, 6) is 2.90. The number of aryl methyl sites for hydroxylation is 1. The van der Waals surface area contributed by atoms with Crippen LogP contribution in [0, 0.1) is 6.92 Å². The van der Waals surface area contributed by atoms with Crippen molar-refractivity contribution in [3.63, 3.8) is 0 Å². The van der Waals surface area contributed by atoms with Crippen LogP contribution in [-0.2, 0) is 9.68 Å². The number of methoxy groups -OCH3 is 4. The Hall–Kier alpha value is -2.76. The number of hydrogen-bond acceptors (Lipinski definition) is 13. The number of carbonyl (C=O) groups excluding carboxylic acids is 1. The van der Waals surface area contributed by atoms with Crippen molar-refractivity contribution in [2.45, 2.75) is 13.8 Å². The molecule has 3 heterocycles. The first-order valence-electron chi connectivity index (χ1n) is 16.9. The quantitative estimate of drug-likeness (QED) is 0.0621. The molecule has 18 heteroatoms. The molecule has 0 atom stereocenters. The number of nitrogens with zero attached hydrogens (tertiary/aromatic N) is 2. The molecule has 4 N–H and O–H groups in total. The number of ether oxygens (including phenoxy) is 4. The third-order valence-corrected chi connectivity index (χ3v) is 7.29. The van der Waals surface area contributed by atoms with Gasteiger partial charge in [-0.2, -0.15) is 0 Å². The van der Waals surface area contributed by atoms with E-state index in [0.29, 0.717) is 17.2 Å². The number of nitrogens with one attached hydrogen (secondary N) is 1. The summed E-state index contributed by atoms with van der Waals surface area (Å²) in [7, 11) is 5.14. The number of aromatic amines is 1. The van der Waals surface area contributed by atoms with Gasteiger partial charge in [-0.05, 0) is 94.4 Å². The van der Waals surface area contributed by atoms with Crippen molar-refractivity contribution in [1.29, 1.82) is 0 Å². The Morgan fingerprint density at radius 1 is 0.729 bits per heavy atom. The van der Waals surface area contributed by atoms with Gasteiger partial charge in [0.05, 0.1) is 28.4 Å². The summed E-state index contributed by atoms with van der Waals surface area (Å²) in [6.45, 7) is 3.66. The molecule has 0 saturated carbocycles.